The van der Waals surface area contributed by atoms with Gasteiger partial charge < -0.3 is 10.1 Å². The maximum Gasteiger partial charge on any atom is 0.0597 e. The van der Waals surface area contributed by atoms with Gasteiger partial charge in [-0.15, -0.1) is 0 Å². The number of hydrogen-bond acceptors (Lipinski definition) is 4. The van der Waals surface area contributed by atoms with Gasteiger partial charge in [-0.25, -0.2) is 0 Å². The van der Waals surface area contributed by atoms with E-state index in [1.165, 1.54) is 5.69 Å². The maximum atomic E-state index is 4.98. The number of likely N-dealkylation sites (N-methyl/N-ethyl adjacent to an activating group) is 1. The molecule has 17 heavy (non-hydrogen) atoms. The minimum atomic E-state index is 0.768. The zero-order valence-corrected chi connectivity index (χ0v) is 11.4. The summed E-state index contributed by atoms with van der Waals surface area (Å²) in [6.07, 6.45) is 0. The van der Waals surface area contributed by atoms with Crippen molar-refractivity contribution in [2.75, 3.05) is 40.4 Å². The molecule has 5 nitrogen and oxygen atoms in total. The molecule has 0 spiro atoms. The molecule has 5 heteroatoms. The molecule has 0 aromatic carbocycles. The fourth-order valence-corrected chi connectivity index (χ4v) is 1.74. The summed E-state index contributed by atoms with van der Waals surface area (Å²) in [7, 11) is 5.84. The number of methoxy groups -OCH3 is 1. The van der Waals surface area contributed by atoms with Crippen LogP contribution in [0, 0.1) is 6.92 Å². The first-order valence-electron chi connectivity index (χ1n) is 6.01. The molecular weight excluding hydrogens is 216 g/mol. The molecule has 0 amide bonds. The average Bonchev–Trinajstić information content (AvgIpc) is 2.57. The predicted octanol–water partition coefficient (Wildman–Crippen LogP) is 0.396. The Labute approximate surface area is 104 Å². The summed E-state index contributed by atoms with van der Waals surface area (Å²) in [6.45, 7) is 6.64. The molecule has 0 saturated carbocycles. The standard InChI is InChI=1S/C12H24N4O/c1-11-9-12(16(3)14-11)10-15(2)7-5-13-6-8-17-4/h9,13H,5-8,10H2,1-4H3. The van der Waals surface area contributed by atoms with Crippen LogP contribution < -0.4 is 5.32 Å². The quantitative estimate of drug-likeness (QED) is 0.668. The highest BCUT2D eigenvalue weighted by Gasteiger charge is 2.05. The van der Waals surface area contributed by atoms with E-state index in [1.54, 1.807) is 7.11 Å². The topological polar surface area (TPSA) is 42.3 Å². The summed E-state index contributed by atoms with van der Waals surface area (Å²) in [4.78, 5) is 2.29. The minimum Gasteiger partial charge on any atom is -0.383 e. The highest BCUT2D eigenvalue weighted by molar-refractivity contribution is 5.08. The van der Waals surface area contributed by atoms with Gasteiger partial charge in [0.1, 0.15) is 0 Å². The molecule has 1 rings (SSSR count). The number of rotatable bonds is 8. The van der Waals surface area contributed by atoms with E-state index in [0.717, 1.165) is 38.5 Å². The highest BCUT2D eigenvalue weighted by Crippen LogP contribution is 2.04. The highest BCUT2D eigenvalue weighted by atomic mass is 16.5. The molecule has 1 aromatic rings. The van der Waals surface area contributed by atoms with Gasteiger partial charge in [0.15, 0.2) is 0 Å². The van der Waals surface area contributed by atoms with Gasteiger partial charge in [-0.1, -0.05) is 0 Å². The Morgan fingerprint density at radius 2 is 2.24 bits per heavy atom. The summed E-state index contributed by atoms with van der Waals surface area (Å²) < 4.78 is 6.92. The van der Waals surface area contributed by atoms with Gasteiger partial charge in [0, 0.05) is 40.3 Å². The first-order chi connectivity index (χ1) is 8.13. The molecule has 1 aromatic heterocycles. The second kappa shape index (κ2) is 7.42. The molecule has 0 atom stereocenters. The Hall–Kier alpha value is -0.910. The summed E-state index contributed by atoms with van der Waals surface area (Å²) in [5.74, 6) is 0. The van der Waals surface area contributed by atoms with Gasteiger partial charge in [-0.05, 0) is 20.0 Å². The van der Waals surface area contributed by atoms with Crippen molar-refractivity contribution >= 4 is 0 Å². The minimum absolute atomic E-state index is 0.768. The van der Waals surface area contributed by atoms with E-state index in [4.69, 9.17) is 4.74 Å². The number of aryl methyl sites for hydroxylation is 2. The van der Waals surface area contributed by atoms with Crippen LogP contribution in [-0.4, -0.2) is 55.1 Å². The van der Waals surface area contributed by atoms with Crippen LogP contribution in [0.2, 0.25) is 0 Å². The number of aromatic nitrogens is 2. The lowest BCUT2D eigenvalue weighted by molar-refractivity contribution is 0.197. The van der Waals surface area contributed by atoms with E-state index in [1.807, 2.05) is 18.7 Å². The van der Waals surface area contributed by atoms with Crippen LogP contribution in [0.15, 0.2) is 6.07 Å². The average molecular weight is 240 g/mol. The smallest absolute Gasteiger partial charge is 0.0597 e. The Morgan fingerprint density at radius 3 is 2.82 bits per heavy atom. The maximum absolute atomic E-state index is 4.98. The molecule has 0 unspecified atom stereocenters. The van der Waals surface area contributed by atoms with E-state index >= 15 is 0 Å². The van der Waals surface area contributed by atoms with Crippen LogP contribution in [0.1, 0.15) is 11.4 Å². The van der Waals surface area contributed by atoms with Crippen molar-refractivity contribution in [1.82, 2.24) is 20.0 Å². The number of nitrogens with zero attached hydrogens (tertiary/aromatic N) is 3. The second-order valence-corrected chi connectivity index (χ2v) is 4.38. The van der Waals surface area contributed by atoms with Crippen LogP contribution in [0.25, 0.3) is 0 Å². The molecule has 0 aliphatic heterocycles. The van der Waals surface area contributed by atoms with Crippen molar-refractivity contribution in [2.45, 2.75) is 13.5 Å². The first kappa shape index (κ1) is 14.2. The first-order valence-corrected chi connectivity index (χ1v) is 6.01. The SMILES string of the molecule is COCCNCCN(C)Cc1cc(C)nn1C. The van der Waals surface area contributed by atoms with Crippen molar-refractivity contribution in [3.8, 4) is 0 Å². The number of nitrogens with one attached hydrogen (secondary N) is 1. The van der Waals surface area contributed by atoms with Crippen molar-refractivity contribution in [3.05, 3.63) is 17.5 Å². The number of ether oxygens (including phenoxy) is 1. The normalized spacial score (nSPS) is 11.4. The third kappa shape index (κ3) is 5.30. The molecule has 1 N–H and O–H groups in total. The van der Waals surface area contributed by atoms with Gasteiger partial charge >= 0.3 is 0 Å². The fourth-order valence-electron chi connectivity index (χ4n) is 1.74. The second-order valence-electron chi connectivity index (χ2n) is 4.38. The lowest BCUT2D eigenvalue weighted by atomic mass is 10.3. The summed E-state index contributed by atoms with van der Waals surface area (Å²) in [6, 6.07) is 2.13. The molecule has 1 heterocycles. The Bertz CT molecular complexity index is 324. The molecule has 0 radical (unpaired) electrons. The number of hydrogen-bond donors (Lipinski definition) is 1. The molecule has 98 valence electrons. The zero-order chi connectivity index (χ0) is 12.7. The third-order valence-electron chi connectivity index (χ3n) is 2.68. The fraction of sp³-hybridized carbons (Fsp3) is 0.750. The summed E-state index contributed by atoms with van der Waals surface area (Å²) in [5, 5.41) is 7.68. The van der Waals surface area contributed by atoms with Gasteiger partial charge in [0.05, 0.1) is 18.0 Å². The molecule has 0 aliphatic carbocycles. The van der Waals surface area contributed by atoms with E-state index in [-0.39, 0.29) is 0 Å². The summed E-state index contributed by atoms with van der Waals surface area (Å²) in [5.41, 5.74) is 2.33. The Balaban J connectivity index is 2.20. The van der Waals surface area contributed by atoms with Crippen molar-refractivity contribution in [1.29, 1.82) is 0 Å². The molecule has 0 saturated heterocycles. The van der Waals surface area contributed by atoms with Gasteiger partial charge in [0.25, 0.3) is 0 Å². The largest absolute Gasteiger partial charge is 0.383 e. The van der Waals surface area contributed by atoms with Crippen LogP contribution in [0.5, 0.6) is 0 Å². The van der Waals surface area contributed by atoms with Crippen LogP contribution in [-0.2, 0) is 18.3 Å². The lowest BCUT2D eigenvalue weighted by Gasteiger charge is -2.16. The van der Waals surface area contributed by atoms with E-state index in [2.05, 4.69) is 28.4 Å². The lowest BCUT2D eigenvalue weighted by Crippen LogP contribution is -2.31. The van der Waals surface area contributed by atoms with Gasteiger partial charge in [-0.2, -0.15) is 5.10 Å². The Morgan fingerprint density at radius 1 is 1.47 bits per heavy atom. The predicted molar refractivity (Wildman–Crippen MR) is 69.0 cm³/mol. The third-order valence-corrected chi connectivity index (χ3v) is 2.68. The summed E-state index contributed by atoms with van der Waals surface area (Å²) >= 11 is 0. The molecule has 0 bridgehead atoms. The van der Waals surface area contributed by atoms with E-state index in [9.17, 15) is 0 Å². The van der Waals surface area contributed by atoms with Crippen LogP contribution in [0.4, 0.5) is 0 Å². The van der Waals surface area contributed by atoms with Gasteiger partial charge in [-0.3, -0.25) is 9.58 Å². The monoisotopic (exact) mass is 240 g/mol. The van der Waals surface area contributed by atoms with Crippen molar-refractivity contribution in [2.24, 2.45) is 7.05 Å². The van der Waals surface area contributed by atoms with Gasteiger partial charge in [0.2, 0.25) is 0 Å². The van der Waals surface area contributed by atoms with E-state index in [0.29, 0.717) is 0 Å². The van der Waals surface area contributed by atoms with Crippen LogP contribution in [0.3, 0.4) is 0 Å². The Kier molecular flexibility index (Phi) is 6.18. The molecular formula is C12H24N4O. The molecule has 0 fully saturated rings. The zero-order valence-electron chi connectivity index (χ0n) is 11.4. The molecule has 0 aliphatic rings. The van der Waals surface area contributed by atoms with Crippen molar-refractivity contribution in [3.63, 3.8) is 0 Å². The van der Waals surface area contributed by atoms with Crippen LogP contribution >= 0.6 is 0 Å². The van der Waals surface area contributed by atoms with Crippen molar-refractivity contribution < 1.29 is 4.74 Å². The van der Waals surface area contributed by atoms with E-state index < -0.39 is 0 Å².